The smallest absolute Gasteiger partial charge is 0.248 e. The number of likely N-dealkylation sites (tertiary alicyclic amines) is 1. The predicted molar refractivity (Wildman–Crippen MR) is 94.5 cm³/mol. The Morgan fingerprint density at radius 1 is 1.28 bits per heavy atom. The van der Waals surface area contributed by atoms with Crippen LogP contribution in [0.2, 0.25) is 0 Å². The molecule has 3 rings (SSSR count). The topological polar surface area (TPSA) is 56.6 Å². The van der Waals surface area contributed by atoms with E-state index in [1.807, 2.05) is 59.2 Å². The van der Waals surface area contributed by atoms with E-state index in [9.17, 15) is 4.79 Å². The molecule has 6 heteroatoms. The fraction of sp³-hybridized carbons (Fsp3) is 0.474. The van der Waals surface area contributed by atoms with Gasteiger partial charge in [0.1, 0.15) is 19.0 Å². The summed E-state index contributed by atoms with van der Waals surface area (Å²) in [6, 6.07) is 9.80. The highest BCUT2D eigenvalue weighted by Gasteiger charge is 2.28. The van der Waals surface area contributed by atoms with Crippen LogP contribution in [0.5, 0.6) is 5.75 Å². The van der Waals surface area contributed by atoms with Crippen LogP contribution in [0.3, 0.4) is 0 Å². The van der Waals surface area contributed by atoms with Gasteiger partial charge in [-0.2, -0.15) is 5.10 Å². The number of hydrogen-bond acceptors (Lipinski definition) is 4. The summed E-state index contributed by atoms with van der Waals surface area (Å²) in [5.74, 6) is 0.859. The molecule has 2 aromatic rings. The minimum Gasteiger partial charge on any atom is -0.491 e. The second-order valence-electron chi connectivity index (χ2n) is 6.34. The van der Waals surface area contributed by atoms with E-state index in [2.05, 4.69) is 5.10 Å². The molecule has 25 heavy (non-hydrogen) atoms. The first-order valence-corrected chi connectivity index (χ1v) is 8.76. The number of hydrogen-bond donors (Lipinski definition) is 0. The molecule has 134 valence electrons. The third-order valence-electron chi connectivity index (χ3n) is 4.32. The van der Waals surface area contributed by atoms with Crippen molar-refractivity contribution in [2.75, 3.05) is 26.4 Å². The Morgan fingerprint density at radius 2 is 2.12 bits per heavy atom. The van der Waals surface area contributed by atoms with Gasteiger partial charge >= 0.3 is 0 Å². The number of ether oxygens (including phenoxy) is 2. The molecule has 0 bridgehead atoms. The molecule has 1 unspecified atom stereocenters. The van der Waals surface area contributed by atoms with Gasteiger partial charge < -0.3 is 14.4 Å². The zero-order chi connectivity index (χ0) is 17.5. The summed E-state index contributed by atoms with van der Waals surface area (Å²) in [5, 5.41) is 4.32. The molecule has 1 saturated heterocycles. The highest BCUT2D eigenvalue weighted by Crippen LogP contribution is 2.19. The van der Waals surface area contributed by atoms with Crippen LogP contribution in [0, 0.1) is 6.92 Å². The average molecular weight is 343 g/mol. The first kappa shape index (κ1) is 17.5. The van der Waals surface area contributed by atoms with Gasteiger partial charge in [0.2, 0.25) is 5.91 Å². The van der Waals surface area contributed by atoms with Gasteiger partial charge in [0, 0.05) is 12.7 Å². The van der Waals surface area contributed by atoms with Crippen molar-refractivity contribution in [1.82, 2.24) is 14.7 Å². The molecule has 1 amide bonds. The van der Waals surface area contributed by atoms with Crippen LogP contribution in [0.4, 0.5) is 0 Å². The van der Waals surface area contributed by atoms with Crippen molar-refractivity contribution in [1.29, 1.82) is 0 Å². The Bertz CT molecular complexity index is 672. The number of nitrogens with zero attached hydrogens (tertiary/aromatic N) is 3. The van der Waals surface area contributed by atoms with Crippen molar-refractivity contribution in [3.05, 3.63) is 48.3 Å². The second-order valence-corrected chi connectivity index (χ2v) is 6.34. The summed E-state index contributed by atoms with van der Waals surface area (Å²) >= 11 is 0. The second kappa shape index (κ2) is 8.67. The Kier molecular flexibility index (Phi) is 6.06. The highest BCUT2D eigenvalue weighted by molar-refractivity contribution is 5.78. The Labute approximate surface area is 148 Å². The van der Waals surface area contributed by atoms with Crippen LogP contribution < -0.4 is 4.74 Å². The predicted octanol–water partition coefficient (Wildman–Crippen LogP) is 2.28. The molecule has 0 N–H and O–H groups in total. The van der Waals surface area contributed by atoms with Crippen molar-refractivity contribution >= 4 is 5.91 Å². The number of aromatic nitrogens is 2. The van der Waals surface area contributed by atoms with Crippen molar-refractivity contribution < 1.29 is 14.3 Å². The fourth-order valence-corrected chi connectivity index (χ4v) is 3.11. The van der Waals surface area contributed by atoms with Gasteiger partial charge in [-0.3, -0.25) is 9.48 Å². The van der Waals surface area contributed by atoms with Crippen LogP contribution >= 0.6 is 0 Å². The molecule has 1 aromatic carbocycles. The quantitative estimate of drug-likeness (QED) is 0.690. The number of rotatable bonds is 8. The molecule has 0 spiro atoms. The van der Waals surface area contributed by atoms with Gasteiger partial charge in [0.05, 0.1) is 25.4 Å². The largest absolute Gasteiger partial charge is 0.491 e. The molecule has 1 aliphatic heterocycles. The number of para-hydroxylation sites is 1. The van der Waals surface area contributed by atoms with Crippen LogP contribution in [-0.2, 0) is 16.1 Å². The molecule has 6 nitrogen and oxygen atoms in total. The zero-order valence-corrected chi connectivity index (χ0v) is 14.6. The van der Waals surface area contributed by atoms with Crippen LogP contribution in [0.15, 0.2) is 42.7 Å². The number of amides is 1. The normalized spacial score (nSPS) is 17.0. The summed E-state index contributed by atoms with van der Waals surface area (Å²) in [4.78, 5) is 14.3. The van der Waals surface area contributed by atoms with E-state index in [0.29, 0.717) is 13.2 Å². The lowest BCUT2D eigenvalue weighted by atomic mass is 10.2. The molecule has 1 aliphatic rings. The van der Waals surface area contributed by atoms with E-state index < -0.39 is 0 Å². The van der Waals surface area contributed by atoms with E-state index in [1.165, 1.54) is 0 Å². The third kappa shape index (κ3) is 5.06. The molecular weight excluding hydrogens is 318 g/mol. The lowest BCUT2D eigenvalue weighted by Gasteiger charge is -2.24. The van der Waals surface area contributed by atoms with Gasteiger partial charge in [-0.15, -0.1) is 0 Å². The molecule has 0 aliphatic carbocycles. The summed E-state index contributed by atoms with van der Waals surface area (Å²) in [5.41, 5.74) is 1.14. The van der Waals surface area contributed by atoms with Crippen molar-refractivity contribution in [2.45, 2.75) is 32.4 Å². The summed E-state index contributed by atoms with van der Waals surface area (Å²) in [6.07, 6.45) is 5.91. The zero-order valence-electron chi connectivity index (χ0n) is 14.6. The van der Waals surface area contributed by atoms with E-state index >= 15 is 0 Å². The Hall–Kier alpha value is -2.34. The van der Waals surface area contributed by atoms with Gasteiger partial charge in [-0.05, 0) is 37.5 Å². The van der Waals surface area contributed by atoms with Crippen molar-refractivity contribution in [3.8, 4) is 5.75 Å². The van der Waals surface area contributed by atoms with Gasteiger partial charge in [0.25, 0.3) is 0 Å². The number of carbonyl (C=O) groups is 1. The minimum atomic E-state index is 0.0473. The number of aryl methyl sites for hydroxylation is 1. The molecule has 1 aromatic heterocycles. The Morgan fingerprint density at radius 3 is 2.88 bits per heavy atom. The standard InChI is InChI=1S/C19H25N3O3/c1-16-12-20-21(13-16)14-17-6-5-9-22(17)19(23)15-24-10-11-25-18-7-3-2-4-8-18/h2-4,7-8,12-13,17H,5-6,9-11,14-15H2,1H3. The van der Waals surface area contributed by atoms with Crippen molar-refractivity contribution in [2.24, 2.45) is 0 Å². The lowest BCUT2D eigenvalue weighted by Crippen LogP contribution is -2.40. The SMILES string of the molecule is Cc1cnn(CC2CCCN2C(=O)COCCOc2ccccc2)c1. The summed E-state index contributed by atoms with van der Waals surface area (Å²) in [7, 11) is 0. The van der Waals surface area contributed by atoms with E-state index in [0.717, 1.165) is 37.2 Å². The van der Waals surface area contributed by atoms with Crippen LogP contribution in [0.25, 0.3) is 0 Å². The molecule has 1 atom stereocenters. The summed E-state index contributed by atoms with van der Waals surface area (Å²) < 4.78 is 13.0. The van der Waals surface area contributed by atoms with E-state index in [1.54, 1.807) is 0 Å². The molecule has 0 radical (unpaired) electrons. The van der Waals surface area contributed by atoms with Gasteiger partial charge in [-0.1, -0.05) is 18.2 Å². The number of benzene rings is 1. The van der Waals surface area contributed by atoms with E-state index in [4.69, 9.17) is 9.47 Å². The maximum atomic E-state index is 12.4. The van der Waals surface area contributed by atoms with Gasteiger partial charge in [0.15, 0.2) is 0 Å². The fourth-order valence-electron chi connectivity index (χ4n) is 3.11. The minimum absolute atomic E-state index is 0.0473. The van der Waals surface area contributed by atoms with Crippen LogP contribution in [-0.4, -0.2) is 53.0 Å². The summed E-state index contributed by atoms with van der Waals surface area (Å²) in [6.45, 7) is 4.51. The monoisotopic (exact) mass is 343 g/mol. The Balaban J connectivity index is 1.38. The van der Waals surface area contributed by atoms with E-state index in [-0.39, 0.29) is 18.6 Å². The molecule has 2 heterocycles. The number of carbonyl (C=O) groups excluding carboxylic acids is 1. The first-order chi connectivity index (χ1) is 12.2. The van der Waals surface area contributed by atoms with Crippen molar-refractivity contribution in [3.63, 3.8) is 0 Å². The van der Waals surface area contributed by atoms with Crippen LogP contribution in [0.1, 0.15) is 18.4 Å². The van der Waals surface area contributed by atoms with Gasteiger partial charge in [-0.25, -0.2) is 0 Å². The average Bonchev–Trinajstić information content (AvgIpc) is 3.25. The maximum absolute atomic E-state index is 12.4. The molecule has 0 saturated carbocycles. The lowest BCUT2D eigenvalue weighted by molar-refractivity contribution is -0.137. The maximum Gasteiger partial charge on any atom is 0.248 e. The molecular formula is C19H25N3O3. The first-order valence-electron chi connectivity index (χ1n) is 8.76. The highest BCUT2D eigenvalue weighted by atomic mass is 16.5. The third-order valence-corrected chi connectivity index (χ3v) is 4.32. The molecule has 1 fully saturated rings.